The number of aryl methyl sites for hydroxylation is 1. The third-order valence-electron chi connectivity index (χ3n) is 4.77. The maximum Gasteiger partial charge on any atom is 0.458 e. The Morgan fingerprint density at radius 2 is 1.50 bits per heavy atom. The van der Waals surface area contributed by atoms with Crippen molar-refractivity contribution in [3.63, 3.8) is 0 Å². The van der Waals surface area contributed by atoms with Crippen molar-refractivity contribution in [3.05, 3.63) is 65.2 Å². The molecular formula is C21H17F8N3OS. The highest BCUT2D eigenvalue weighted by Gasteiger charge is 2.58. The van der Waals surface area contributed by atoms with Crippen LogP contribution in [0.1, 0.15) is 16.7 Å². The average Bonchev–Trinajstić information content (AvgIpc) is 2.74. The molecule has 1 aliphatic rings. The van der Waals surface area contributed by atoms with Gasteiger partial charge in [-0.05, 0) is 24.6 Å². The van der Waals surface area contributed by atoms with Crippen LogP contribution in [0.25, 0.3) is 0 Å². The number of carbonyl (C=O) groups is 1. The van der Waals surface area contributed by atoms with E-state index in [1.807, 2.05) is 6.92 Å². The van der Waals surface area contributed by atoms with Crippen molar-refractivity contribution in [1.82, 2.24) is 4.90 Å². The van der Waals surface area contributed by atoms with Crippen LogP contribution >= 0.6 is 11.8 Å². The minimum absolute atomic E-state index is 0.0220. The van der Waals surface area contributed by atoms with Crippen molar-refractivity contribution in [1.29, 1.82) is 0 Å². The summed E-state index contributed by atoms with van der Waals surface area (Å²) in [7, 11) is 0. The Balaban J connectivity index is 1.81. The Kier molecular flexibility index (Phi) is 7.15. The SMILES string of the molecule is Cc1ccc(N2CS/C(=N\Cc3ccc(C(F)(F)C(F)(F)F)cc3)N(CC(F)(F)F)C2=O)cc1. The zero-order valence-corrected chi connectivity index (χ0v) is 18.2. The predicted octanol–water partition coefficient (Wildman–Crippen LogP) is 6.70. The largest absolute Gasteiger partial charge is 0.458 e. The molecule has 13 heteroatoms. The number of carbonyl (C=O) groups excluding carboxylic acids is 1. The standard InChI is InChI=1S/C21H17F8N3OS/c1-13-2-8-16(9-3-13)32-12-34-17(31(18(32)33)11-19(22,23)24)30-10-14-4-6-15(7-5-14)20(25,26)21(27,28)29/h2-9H,10-12H2,1H3/b30-17-. The number of hydrogen-bond acceptors (Lipinski definition) is 3. The summed E-state index contributed by atoms with van der Waals surface area (Å²) < 4.78 is 104. The van der Waals surface area contributed by atoms with Crippen LogP contribution in [0.15, 0.2) is 53.5 Å². The van der Waals surface area contributed by atoms with E-state index >= 15 is 0 Å². The summed E-state index contributed by atoms with van der Waals surface area (Å²) in [6.45, 7) is -0.114. The average molecular weight is 511 g/mol. The van der Waals surface area contributed by atoms with Gasteiger partial charge in [-0.3, -0.25) is 14.8 Å². The molecule has 2 amide bonds. The molecule has 0 bridgehead atoms. The number of amidine groups is 1. The van der Waals surface area contributed by atoms with Crippen LogP contribution in [0.2, 0.25) is 0 Å². The number of halogens is 8. The number of rotatable bonds is 5. The Morgan fingerprint density at radius 3 is 2.03 bits per heavy atom. The van der Waals surface area contributed by atoms with Crippen LogP contribution < -0.4 is 4.90 Å². The van der Waals surface area contributed by atoms with Gasteiger partial charge in [-0.25, -0.2) is 4.79 Å². The molecule has 0 unspecified atom stereocenters. The molecular weight excluding hydrogens is 494 g/mol. The molecule has 4 nitrogen and oxygen atoms in total. The van der Waals surface area contributed by atoms with Crippen LogP contribution in [-0.2, 0) is 12.5 Å². The smallest absolute Gasteiger partial charge is 0.284 e. The van der Waals surface area contributed by atoms with E-state index in [0.717, 1.165) is 34.4 Å². The molecule has 184 valence electrons. The van der Waals surface area contributed by atoms with Gasteiger partial charge in [-0.1, -0.05) is 53.7 Å². The highest BCUT2D eigenvalue weighted by atomic mass is 32.2. The van der Waals surface area contributed by atoms with Crippen LogP contribution in [0.5, 0.6) is 0 Å². The van der Waals surface area contributed by atoms with E-state index in [1.54, 1.807) is 24.3 Å². The van der Waals surface area contributed by atoms with E-state index in [4.69, 9.17) is 0 Å². The van der Waals surface area contributed by atoms with E-state index in [9.17, 15) is 39.9 Å². The van der Waals surface area contributed by atoms with Gasteiger partial charge >= 0.3 is 24.3 Å². The lowest BCUT2D eigenvalue weighted by molar-refractivity contribution is -0.289. The predicted molar refractivity (Wildman–Crippen MR) is 112 cm³/mol. The summed E-state index contributed by atoms with van der Waals surface area (Å²) in [6, 6.07) is 8.76. The molecule has 0 saturated carbocycles. The number of alkyl halides is 8. The lowest BCUT2D eigenvalue weighted by atomic mass is 10.1. The molecule has 1 heterocycles. The molecule has 1 aliphatic heterocycles. The summed E-state index contributed by atoms with van der Waals surface area (Å²) >= 11 is 0.865. The fourth-order valence-corrected chi connectivity index (χ4v) is 3.94. The quantitative estimate of drug-likeness (QED) is 0.419. The maximum absolute atomic E-state index is 13.4. The van der Waals surface area contributed by atoms with E-state index in [2.05, 4.69) is 4.99 Å². The molecule has 2 aromatic rings. The first-order valence-electron chi connectivity index (χ1n) is 9.63. The van der Waals surface area contributed by atoms with Gasteiger partial charge in [0.05, 0.1) is 12.4 Å². The van der Waals surface area contributed by atoms with Crippen molar-refractivity contribution in [3.8, 4) is 0 Å². The highest BCUT2D eigenvalue weighted by molar-refractivity contribution is 8.14. The second-order valence-corrected chi connectivity index (χ2v) is 8.30. The minimum atomic E-state index is -5.77. The van der Waals surface area contributed by atoms with Crippen LogP contribution in [0.3, 0.4) is 0 Å². The summed E-state index contributed by atoms with van der Waals surface area (Å²) in [4.78, 5) is 18.4. The lowest BCUT2D eigenvalue weighted by Gasteiger charge is -2.36. The van der Waals surface area contributed by atoms with Crippen LogP contribution in [0.4, 0.5) is 45.6 Å². The number of hydrogen-bond donors (Lipinski definition) is 0. The second kappa shape index (κ2) is 9.43. The zero-order valence-electron chi connectivity index (χ0n) is 17.4. The minimum Gasteiger partial charge on any atom is -0.284 e. The van der Waals surface area contributed by atoms with Crippen molar-refractivity contribution in [2.45, 2.75) is 31.7 Å². The van der Waals surface area contributed by atoms with Crippen molar-refractivity contribution in [2.75, 3.05) is 17.3 Å². The summed E-state index contributed by atoms with van der Waals surface area (Å²) in [5.41, 5.74) is 0.200. The van der Waals surface area contributed by atoms with Gasteiger partial charge < -0.3 is 0 Å². The Labute approximate surface area is 193 Å². The molecule has 0 N–H and O–H groups in total. The number of aliphatic imine (C=N–C) groups is 1. The molecule has 0 atom stereocenters. The number of amides is 2. The third kappa shape index (κ3) is 5.80. The molecule has 0 aliphatic carbocycles. The molecule has 0 aromatic heterocycles. The fraction of sp³-hybridized carbons (Fsp3) is 0.333. The van der Waals surface area contributed by atoms with Gasteiger partial charge in [0.2, 0.25) is 0 Å². The first-order valence-corrected chi connectivity index (χ1v) is 10.6. The monoisotopic (exact) mass is 511 g/mol. The Bertz CT molecular complexity index is 1050. The number of urea groups is 1. The normalized spacial score (nSPS) is 17.0. The van der Waals surface area contributed by atoms with Crippen molar-refractivity contribution >= 4 is 28.6 Å². The van der Waals surface area contributed by atoms with Gasteiger partial charge in [0.1, 0.15) is 6.54 Å². The molecule has 1 saturated heterocycles. The maximum atomic E-state index is 13.4. The van der Waals surface area contributed by atoms with Gasteiger partial charge in [-0.2, -0.15) is 35.1 Å². The van der Waals surface area contributed by atoms with E-state index < -0.39 is 36.4 Å². The van der Waals surface area contributed by atoms with Gasteiger partial charge in [-0.15, -0.1) is 0 Å². The Morgan fingerprint density at radius 1 is 0.912 bits per heavy atom. The first kappa shape index (κ1) is 25.8. The highest BCUT2D eigenvalue weighted by Crippen LogP contribution is 2.43. The molecule has 0 radical (unpaired) electrons. The van der Waals surface area contributed by atoms with Gasteiger partial charge in [0.25, 0.3) is 0 Å². The first-order chi connectivity index (χ1) is 15.7. The van der Waals surface area contributed by atoms with Crippen molar-refractivity contribution < 1.29 is 39.9 Å². The topological polar surface area (TPSA) is 35.9 Å². The zero-order chi connectivity index (χ0) is 25.3. The van der Waals surface area contributed by atoms with Crippen molar-refractivity contribution in [2.24, 2.45) is 4.99 Å². The number of benzene rings is 2. The second-order valence-electron chi connectivity index (χ2n) is 7.39. The Hall–Kier alpha value is -2.83. The third-order valence-corrected chi connectivity index (χ3v) is 5.76. The van der Waals surface area contributed by atoms with Crippen LogP contribution in [0, 0.1) is 6.92 Å². The summed E-state index contributed by atoms with van der Waals surface area (Å²) in [6.07, 6.45) is -10.5. The van der Waals surface area contributed by atoms with E-state index in [-0.39, 0.29) is 23.2 Å². The fourth-order valence-electron chi connectivity index (χ4n) is 2.98. The van der Waals surface area contributed by atoms with E-state index in [0.29, 0.717) is 22.7 Å². The molecule has 0 spiro atoms. The summed E-state index contributed by atoms with van der Waals surface area (Å²) in [5, 5.41) is -0.240. The number of nitrogens with zero attached hydrogens (tertiary/aromatic N) is 3. The molecule has 2 aromatic carbocycles. The van der Waals surface area contributed by atoms with E-state index in [1.165, 1.54) is 0 Å². The van der Waals surface area contributed by atoms with Crippen LogP contribution in [-0.4, -0.2) is 40.9 Å². The summed E-state index contributed by atoms with van der Waals surface area (Å²) in [5.74, 6) is -5.07. The number of anilines is 1. The number of thioether (sulfide) groups is 1. The molecule has 1 fully saturated rings. The lowest BCUT2D eigenvalue weighted by Crippen LogP contribution is -2.53. The molecule has 34 heavy (non-hydrogen) atoms. The molecule has 3 rings (SSSR count). The van der Waals surface area contributed by atoms with Gasteiger partial charge in [0.15, 0.2) is 5.17 Å². The van der Waals surface area contributed by atoms with Gasteiger partial charge in [0, 0.05) is 11.3 Å².